The normalized spacial score (nSPS) is 13.2. The highest BCUT2D eigenvalue weighted by atomic mass is 32.2. The maximum atomic E-state index is 13.7. The molecule has 0 spiro atoms. The number of unbranched alkanes of at least 4 members (excludes halogenated alkanes) is 1. The third-order valence-electron chi connectivity index (χ3n) is 7.56. The van der Waals surface area contributed by atoms with Gasteiger partial charge in [-0.1, -0.05) is 80.9 Å². The van der Waals surface area contributed by atoms with E-state index < -0.39 is 22.1 Å². The number of nitrogens with zero attached hydrogens (tertiary/aromatic N) is 1. The molecule has 234 valence electrons. The molecule has 1 unspecified atom stereocenters. The molecular formula is C35H44N4O4S. The lowest BCUT2D eigenvalue weighted by molar-refractivity contribution is -0.122. The van der Waals surface area contributed by atoms with Crippen LogP contribution in [0.4, 0.5) is 11.4 Å². The average molecular weight is 617 g/mol. The van der Waals surface area contributed by atoms with Crippen molar-refractivity contribution in [3.8, 4) is 0 Å². The fourth-order valence-electron chi connectivity index (χ4n) is 5.22. The Balaban J connectivity index is 1.29. The Morgan fingerprint density at radius 2 is 1.52 bits per heavy atom. The number of hydrogen-bond donors (Lipinski definition) is 4. The van der Waals surface area contributed by atoms with Crippen LogP contribution in [-0.4, -0.2) is 55.5 Å². The highest BCUT2D eigenvalue weighted by Gasteiger charge is 2.31. The van der Waals surface area contributed by atoms with Crippen LogP contribution in [0, 0.1) is 5.92 Å². The molecule has 8 nitrogen and oxygen atoms in total. The minimum atomic E-state index is -3.85. The Hall–Kier alpha value is -3.76. The van der Waals surface area contributed by atoms with E-state index in [1.54, 1.807) is 24.3 Å². The van der Waals surface area contributed by atoms with E-state index in [0.29, 0.717) is 32.2 Å². The van der Waals surface area contributed by atoms with Crippen LogP contribution in [0.15, 0.2) is 102 Å². The van der Waals surface area contributed by atoms with Crippen LogP contribution in [0.3, 0.4) is 0 Å². The molecule has 0 heterocycles. The molecule has 4 rings (SSSR count). The number of amides is 1. The summed E-state index contributed by atoms with van der Waals surface area (Å²) in [6, 6.07) is 29.3. The van der Waals surface area contributed by atoms with Crippen molar-refractivity contribution >= 4 is 38.1 Å². The van der Waals surface area contributed by atoms with Gasteiger partial charge in [0.1, 0.15) is 0 Å². The van der Waals surface area contributed by atoms with E-state index in [1.807, 2.05) is 80.6 Å². The Morgan fingerprint density at radius 3 is 2.20 bits per heavy atom. The number of rotatable bonds is 16. The fraction of sp³-hybridized carbons (Fsp3) is 0.343. The molecular weight excluding hydrogens is 572 g/mol. The van der Waals surface area contributed by atoms with E-state index in [9.17, 15) is 18.3 Å². The molecule has 1 amide bonds. The lowest BCUT2D eigenvalue weighted by atomic mass is 10.0. The van der Waals surface area contributed by atoms with Gasteiger partial charge < -0.3 is 21.5 Å². The van der Waals surface area contributed by atoms with Crippen LogP contribution in [0.2, 0.25) is 0 Å². The van der Waals surface area contributed by atoms with Gasteiger partial charge in [0.2, 0.25) is 15.9 Å². The van der Waals surface area contributed by atoms with Crippen LogP contribution < -0.4 is 16.4 Å². The number of fused-ring (bicyclic) bond motifs is 1. The second-order valence-corrected chi connectivity index (χ2v) is 13.5. The summed E-state index contributed by atoms with van der Waals surface area (Å²) >= 11 is 0. The highest BCUT2D eigenvalue weighted by Crippen LogP contribution is 2.25. The molecule has 0 aliphatic heterocycles. The van der Waals surface area contributed by atoms with Gasteiger partial charge in [-0.25, -0.2) is 8.42 Å². The number of para-hydroxylation sites is 1. The number of hydrogen-bond acceptors (Lipinski definition) is 6. The summed E-state index contributed by atoms with van der Waals surface area (Å²) in [5, 5.41) is 18.7. The number of carbonyl (C=O) groups is 1. The van der Waals surface area contributed by atoms with Crippen LogP contribution in [0.1, 0.15) is 38.7 Å². The van der Waals surface area contributed by atoms with E-state index in [-0.39, 0.29) is 29.9 Å². The molecule has 4 aromatic carbocycles. The predicted molar refractivity (Wildman–Crippen MR) is 178 cm³/mol. The van der Waals surface area contributed by atoms with Crippen molar-refractivity contribution in [2.75, 3.05) is 25.0 Å². The van der Waals surface area contributed by atoms with Crippen LogP contribution in [0.5, 0.6) is 0 Å². The van der Waals surface area contributed by atoms with E-state index >= 15 is 0 Å². The summed E-state index contributed by atoms with van der Waals surface area (Å²) in [6.45, 7) is 4.34. The smallest absolute Gasteiger partial charge is 0.243 e. The number of aliphatic hydroxyl groups is 1. The van der Waals surface area contributed by atoms with Gasteiger partial charge >= 0.3 is 0 Å². The minimum Gasteiger partial charge on any atom is -0.395 e. The zero-order chi connectivity index (χ0) is 31.5. The van der Waals surface area contributed by atoms with Crippen molar-refractivity contribution in [3.63, 3.8) is 0 Å². The number of nitrogens with two attached hydrogens (primary N) is 1. The largest absolute Gasteiger partial charge is 0.395 e. The summed E-state index contributed by atoms with van der Waals surface area (Å²) in [4.78, 5) is 12.8. The van der Waals surface area contributed by atoms with Gasteiger partial charge in [0, 0.05) is 30.5 Å². The van der Waals surface area contributed by atoms with Crippen molar-refractivity contribution < 1.29 is 18.3 Å². The first kappa shape index (κ1) is 33.1. The van der Waals surface area contributed by atoms with Gasteiger partial charge in [-0.05, 0) is 77.9 Å². The summed E-state index contributed by atoms with van der Waals surface area (Å²) in [6.07, 6.45) is 2.18. The molecule has 5 N–H and O–H groups in total. The third-order valence-corrected chi connectivity index (χ3v) is 9.49. The quantitative estimate of drug-likeness (QED) is 0.124. The van der Waals surface area contributed by atoms with E-state index in [0.717, 1.165) is 27.7 Å². The van der Waals surface area contributed by atoms with Crippen LogP contribution in [-0.2, 0) is 21.2 Å². The summed E-state index contributed by atoms with van der Waals surface area (Å²) in [5.41, 5.74) is 8.89. The maximum absolute atomic E-state index is 13.7. The monoisotopic (exact) mass is 616 g/mol. The first-order valence-electron chi connectivity index (χ1n) is 15.2. The molecule has 0 saturated carbocycles. The van der Waals surface area contributed by atoms with Gasteiger partial charge in [-0.15, -0.1) is 0 Å². The van der Waals surface area contributed by atoms with Crippen molar-refractivity contribution in [2.24, 2.45) is 11.7 Å². The van der Waals surface area contributed by atoms with E-state index in [4.69, 9.17) is 5.73 Å². The number of carbonyl (C=O) groups excluding carboxylic acids is 1. The van der Waals surface area contributed by atoms with Crippen molar-refractivity contribution in [3.05, 3.63) is 103 Å². The molecule has 4 aromatic rings. The molecule has 44 heavy (non-hydrogen) atoms. The minimum absolute atomic E-state index is 0.0706. The molecule has 0 aliphatic carbocycles. The average Bonchev–Trinajstić information content (AvgIpc) is 3.02. The molecule has 0 aliphatic rings. The molecule has 0 radical (unpaired) electrons. The van der Waals surface area contributed by atoms with Crippen molar-refractivity contribution in [1.82, 2.24) is 9.62 Å². The fourth-order valence-corrected chi connectivity index (χ4v) is 7.03. The second kappa shape index (κ2) is 15.8. The number of nitrogens with one attached hydrogen (secondary N) is 2. The van der Waals surface area contributed by atoms with Crippen LogP contribution >= 0.6 is 0 Å². The lowest BCUT2D eigenvalue weighted by Gasteiger charge is -2.31. The Labute approximate surface area is 261 Å². The molecule has 0 fully saturated rings. The Morgan fingerprint density at radius 1 is 0.864 bits per heavy atom. The molecule has 0 aromatic heterocycles. The molecule has 0 saturated heterocycles. The molecule has 2 atom stereocenters. The van der Waals surface area contributed by atoms with E-state index in [2.05, 4.69) is 16.7 Å². The topological polar surface area (TPSA) is 125 Å². The van der Waals surface area contributed by atoms with Gasteiger partial charge in [-0.2, -0.15) is 4.31 Å². The number of aliphatic hydroxyl groups excluding tert-OH is 1. The van der Waals surface area contributed by atoms with E-state index in [1.165, 1.54) is 4.31 Å². The predicted octanol–water partition coefficient (Wildman–Crippen LogP) is 5.45. The molecule has 9 heteroatoms. The summed E-state index contributed by atoms with van der Waals surface area (Å²) in [5.74, 6) is -0.146. The number of benzene rings is 4. The zero-order valence-electron chi connectivity index (χ0n) is 25.5. The SMILES string of the molecule is CC(C)CN(C(CO)CCCCNC(=O)[C@@H](N)Cc1ccc2ccccc2c1)S(=O)(=O)c1ccc(Nc2ccccc2)cc1. The Bertz CT molecular complexity index is 1590. The van der Waals surface area contributed by atoms with Crippen molar-refractivity contribution in [2.45, 2.75) is 56.5 Å². The summed E-state index contributed by atoms with van der Waals surface area (Å²) in [7, 11) is -3.85. The first-order chi connectivity index (χ1) is 21.2. The van der Waals surface area contributed by atoms with Gasteiger partial charge in [0.05, 0.1) is 17.5 Å². The standard InChI is InChI=1S/C35H44N4O4S/c1-26(2)24-39(44(42,43)33-19-17-31(18-20-33)38-30-12-4-3-5-13-30)32(25-40)14-8-9-21-37-35(41)34(36)23-27-15-16-28-10-6-7-11-29(28)22-27/h3-7,10-13,15-20,22,26,32,34,38,40H,8-9,14,21,23-25,36H2,1-2H3,(H,37,41)/t32?,34-/m0/s1. The Kier molecular flexibility index (Phi) is 11.9. The maximum Gasteiger partial charge on any atom is 0.243 e. The first-order valence-corrected chi connectivity index (χ1v) is 16.7. The number of anilines is 2. The second-order valence-electron chi connectivity index (χ2n) is 11.6. The third kappa shape index (κ3) is 9.12. The van der Waals surface area contributed by atoms with Crippen LogP contribution in [0.25, 0.3) is 10.8 Å². The zero-order valence-corrected chi connectivity index (χ0v) is 26.3. The van der Waals surface area contributed by atoms with Crippen molar-refractivity contribution in [1.29, 1.82) is 0 Å². The lowest BCUT2D eigenvalue weighted by Crippen LogP contribution is -2.44. The summed E-state index contributed by atoms with van der Waals surface area (Å²) < 4.78 is 28.9. The van der Waals surface area contributed by atoms with Gasteiger partial charge in [0.25, 0.3) is 0 Å². The number of sulfonamides is 1. The van der Waals surface area contributed by atoms with Gasteiger partial charge in [0.15, 0.2) is 0 Å². The van der Waals surface area contributed by atoms with Gasteiger partial charge in [-0.3, -0.25) is 4.79 Å². The molecule has 0 bridgehead atoms. The highest BCUT2D eigenvalue weighted by molar-refractivity contribution is 7.89.